The number of halogens is 3. The highest BCUT2D eigenvalue weighted by molar-refractivity contribution is 5.78. The molecule has 1 aromatic carbocycles. The number of alkyl halides is 3. The van der Waals surface area contributed by atoms with Crippen molar-refractivity contribution in [2.45, 2.75) is 13.0 Å². The van der Waals surface area contributed by atoms with Crippen LogP contribution in [0.25, 0.3) is 16.9 Å². The average molecular weight is 391 g/mol. The summed E-state index contributed by atoms with van der Waals surface area (Å²) in [6, 6.07) is 7.35. The number of rotatable bonds is 5. The predicted molar refractivity (Wildman–Crippen MR) is 90.7 cm³/mol. The molecule has 0 aliphatic heterocycles. The molecule has 0 amide bonds. The largest absolute Gasteiger partial charge is 0.573 e. The van der Waals surface area contributed by atoms with Crippen molar-refractivity contribution in [1.82, 2.24) is 30.2 Å². The van der Waals surface area contributed by atoms with Crippen molar-refractivity contribution in [1.29, 1.82) is 0 Å². The highest BCUT2D eigenvalue weighted by Crippen LogP contribution is 2.31. The number of anilines is 1. The van der Waals surface area contributed by atoms with E-state index >= 15 is 0 Å². The van der Waals surface area contributed by atoms with Gasteiger partial charge >= 0.3 is 6.36 Å². The molecule has 0 unspecified atom stereocenters. The second-order valence-corrected chi connectivity index (χ2v) is 5.63. The molecular formula is C16H12F3N7O2. The number of H-pyrrole nitrogens is 1. The Hall–Kier alpha value is -3.83. The summed E-state index contributed by atoms with van der Waals surface area (Å²) in [7, 11) is 0. The summed E-state index contributed by atoms with van der Waals surface area (Å²) in [5.74, 6) is -0.0290. The number of fused-ring (bicyclic) bond motifs is 1. The first kappa shape index (κ1) is 17.6. The van der Waals surface area contributed by atoms with Crippen molar-refractivity contribution < 1.29 is 22.6 Å². The zero-order valence-corrected chi connectivity index (χ0v) is 14.0. The summed E-state index contributed by atoms with van der Waals surface area (Å²) in [5, 5.41) is 14.0. The van der Waals surface area contributed by atoms with Crippen LogP contribution in [0.3, 0.4) is 0 Å². The number of hydrogen-bond donors (Lipinski definition) is 2. The van der Waals surface area contributed by atoms with Gasteiger partial charge in [-0.15, -0.1) is 18.3 Å². The van der Waals surface area contributed by atoms with Crippen molar-refractivity contribution in [3.63, 3.8) is 0 Å². The van der Waals surface area contributed by atoms with Crippen molar-refractivity contribution >= 4 is 17.0 Å². The summed E-state index contributed by atoms with van der Waals surface area (Å²) >= 11 is 0. The van der Waals surface area contributed by atoms with Gasteiger partial charge < -0.3 is 15.2 Å². The van der Waals surface area contributed by atoms with Crippen LogP contribution in [0.5, 0.6) is 11.5 Å². The monoisotopic (exact) mass is 391 g/mol. The van der Waals surface area contributed by atoms with Crippen molar-refractivity contribution in [2.24, 2.45) is 0 Å². The number of nitrogens with one attached hydrogen (secondary N) is 1. The van der Waals surface area contributed by atoms with Crippen LogP contribution < -0.4 is 15.2 Å². The zero-order chi connectivity index (χ0) is 19.7. The molecule has 4 rings (SSSR count). The van der Waals surface area contributed by atoms with E-state index in [2.05, 4.69) is 30.2 Å². The Kier molecular flexibility index (Phi) is 4.22. The lowest BCUT2D eigenvalue weighted by Gasteiger charge is -2.15. The topological polar surface area (TPSA) is 117 Å². The Morgan fingerprint density at radius 3 is 2.79 bits per heavy atom. The third kappa shape index (κ3) is 3.65. The number of pyridine rings is 1. The van der Waals surface area contributed by atoms with E-state index in [1.807, 2.05) is 0 Å². The summed E-state index contributed by atoms with van der Waals surface area (Å²) in [4.78, 5) is 3.99. The summed E-state index contributed by atoms with van der Waals surface area (Å²) < 4.78 is 49.7. The van der Waals surface area contributed by atoms with Gasteiger partial charge in [-0.05, 0) is 18.2 Å². The molecule has 0 saturated carbocycles. The molecule has 144 valence electrons. The van der Waals surface area contributed by atoms with Crippen LogP contribution in [-0.2, 0) is 6.61 Å². The molecule has 0 spiro atoms. The van der Waals surface area contributed by atoms with Gasteiger partial charge in [0.2, 0.25) is 0 Å². The molecule has 0 bridgehead atoms. The molecule has 0 radical (unpaired) electrons. The first-order chi connectivity index (χ1) is 13.4. The molecule has 12 heteroatoms. The lowest BCUT2D eigenvalue weighted by atomic mass is 10.2. The normalized spacial score (nSPS) is 11.7. The number of nitrogen functional groups attached to an aromatic ring is 1. The maximum atomic E-state index is 12.8. The minimum atomic E-state index is -4.86. The molecule has 0 aliphatic rings. The molecule has 28 heavy (non-hydrogen) atoms. The van der Waals surface area contributed by atoms with Crippen molar-refractivity contribution in [2.75, 3.05) is 5.73 Å². The molecule has 0 aliphatic carbocycles. The second-order valence-electron chi connectivity index (χ2n) is 5.63. The Bertz CT molecular complexity index is 1110. The molecule has 3 heterocycles. The lowest BCUT2D eigenvalue weighted by Crippen LogP contribution is -2.18. The summed E-state index contributed by atoms with van der Waals surface area (Å²) in [6.07, 6.45) is -1.75. The van der Waals surface area contributed by atoms with Gasteiger partial charge in [-0.3, -0.25) is 0 Å². The molecule has 0 saturated heterocycles. The van der Waals surface area contributed by atoms with Crippen LogP contribution in [0, 0.1) is 0 Å². The Morgan fingerprint density at radius 2 is 2.04 bits per heavy atom. The third-order valence-corrected chi connectivity index (χ3v) is 3.71. The lowest BCUT2D eigenvalue weighted by molar-refractivity contribution is -0.275. The van der Waals surface area contributed by atoms with Crippen LogP contribution in [0.4, 0.5) is 19.0 Å². The number of ether oxygens (including phenoxy) is 2. The molecule has 0 atom stereocenters. The van der Waals surface area contributed by atoms with Crippen molar-refractivity contribution in [3.05, 3.63) is 48.3 Å². The first-order valence-corrected chi connectivity index (χ1v) is 7.88. The van der Waals surface area contributed by atoms with E-state index in [9.17, 15) is 13.2 Å². The Balaban J connectivity index is 1.65. The number of aromatic nitrogens is 6. The van der Waals surface area contributed by atoms with E-state index in [0.717, 1.165) is 0 Å². The highest BCUT2D eigenvalue weighted by Gasteiger charge is 2.32. The standard InChI is InChI=1S/C16H12F3N7O2/c17-16(18,19)28-11-6-10(26-5-1-4-21-26)3-2-9(11)8-27-12-7-13(20)22-15-14(12)23-25-24-15/h1-7H,8H2,(H3,20,22,23,24,25). The fourth-order valence-electron chi connectivity index (χ4n) is 2.54. The average Bonchev–Trinajstić information content (AvgIpc) is 3.30. The quantitative estimate of drug-likeness (QED) is 0.537. The first-order valence-electron chi connectivity index (χ1n) is 7.88. The van der Waals surface area contributed by atoms with Gasteiger partial charge in [-0.1, -0.05) is 5.21 Å². The molecule has 3 N–H and O–H groups in total. The zero-order valence-electron chi connectivity index (χ0n) is 14.0. The number of hydrogen-bond acceptors (Lipinski definition) is 7. The van der Waals surface area contributed by atoms with Crippen LogP contribution in [0.2, 0.25) is 0 Å². The van der Waals surface area contributed by atoms with Crippen molar-refractivity contribution in [3.8, 4) is 17.2 Å². The summed E-state index contributed by atoms with van der Waals surface area (Å²) in [5.41, 5.74) is 6.87. The molecule has 3 aromatic heterocycles. The van der Waals surface area contributed by atoms with E-state index < -0.39 is 12.1 Å². The van der Waals surface area contributed by atoms with E-state index in [4.69, 9.17) is 10.5 Å². The van der Waals surface area contributed by atoms with E-state index in [1.165, 1.54) is 29.1 Å². The number of benzene rings is 1. The minimum absolute atomic E-state index is 0.148. The number of nitrogens with zero attached hydrogens (tertiary/aromatic N) is 5. The third-order valence-electron chi connectivity index (χ3n) is 3.71. The molecule has 4 aromatic rings. The van der Waals surface area contributed by atoms with Gasteiger partial charge in [0, 0.05) is 30.1 Å². The van der Waals surface area contributed by atoms with Gasteiger partial charge in [0.15, 0.2) is 16.9 Å². The summed E-state index contributed by atoms with van der Waals surface area (Å²) in [6.45, 7) is -0.226. The fourth-order valence-corrected chi connectivity index (χ4v) is 2.54. The smallest absolute Gasteiger partial charge is 0.486 e. The molecule has 9 nitrogen and oxygen atoms in total. The van der Waals surface area contributed by atoms with Gasteiger partial charge in [-0.2, -0.15) is 5.10 Å². The van der Waals surface area contributed by atoms with Gasteiger partial charge in [0.05, 0.1) is 5.69 Å². The van der Waals surface area contributed by atoms with Gasteiger partial charge in [0.25, 0.3) is 0 Å². The van der Waals surface area contributed by atoms with E-state index in [1.54, 1.807) is 18.3 Å². The molecular weight excluding hydrogens is 379 g/mol. The van der Waals surface area contributed by atoms with Gasteiger partial charge in [0.1, 0.15) is 18.2 Å². The SMILES string of the molecule is Nc1cc(OCc2ccc(-n3cccn3)cc2OC(F)(F)F)c2nn[nH]c2n1. The van der Waals surface area contributed by atoms with E-state index in [-0.39, 0.29) is 23.7 Å². The van der Waals surface area contributed by atoms with E-state index in [0.29, 0.717) is 16.9 Å². The Labute approximate surface area is 154 Å². The highest BCUT2D eigenvalue weighted by atomic mass is 19.4. The van der Waals surface area contributed by atoms with Crippen LogP contribution in [-0.4, -0.2) is 36.5 Å². The maximum absolute atomic E-state index is 12.8. The number of nitrogens with two attached hydrogens (primary N) is 1. The predicted octanol–water partition coefficient (Wildman–Crippen LogP) is 2.60. The minimum Gasteiger partial charge on any atom is -0.486 e. The van der Waals surface area contributed by atoms with Crippen LogP contribution >= 0.6 is 0 Å². The van der Waals surface area contributed by atoms with Gasteiger partial charge in [-0.25, -0.2) is 14.8 Å². The second kappa shape index (κ2) is 6.72. The maximum Gasteiger partial charge on any atom is 0.573 e. The van der Waals surface area contributed by atoms with Crippen LogP contribution in [0.15, 0.2) is 42.7 Å². The Morgan fingerprint density at radius 1 is 1.18 bits per heavy atom. The fraction of sp³-hybridized carbons (Fsp3) is 0.125. The van der Waals surface area contributed by atoms with Crippen LogP contribution in [0.1, 0.15) is 5.56 Å². The number of aromatic amines is 1. The molecule has 0 fully saturated rings.